The number of hydrogen-bond donors (Lipinski definition) is 1. The lowest BCUT2D eigenvalue weighted by atomic mass is 9.70. The lowest BCUT2D eigenvalue weighted by molar-refractivity contribution is -0.118. The summed E-state index contributed by atoms with van der Waals surface area (Å²) in [6.45, 7) is 6.99. The average molecular weight is 346 g/mol. The number of rotatable bonds is 5. The zero-order chi connectivity index (χ0) is 17.4. The Hall–Kier alpha value is -1.49. The van der Waals surface area contributed by atoms with Crippen LogP contribution in [0.15, 0.2) is 34.3 Å². The van der Waals surface area contributed by atoms with Gasteiger partial charge in [0.05, 0.1) is 12.9 Å². The van der Waals surface area contributed by atoms with Crippen molar-refractivity contribution in [2.75, 3.05) is 12.9 Å². The van der Waals surface area contributed by atoms with E-state index >= 15 is 0 Å². The highest BCUT2D eigenvalue weighted by Crippen LogP contribution is 2.63. The molecule has 24 heavy (non-hydrogen) atoms. The van der Waals surface area contributed by atoms with Gasteiger partial charge in [-0.05, 0) is 54.9 Å². The van der Waals surface area contributed by atoms with Crippen LogP contribution in [0.25, 0.3) is 0 Å². The van der Waals surface area contributed by atoms with Crippen molar-refractivity contribution in [2.24, 2.45) is 21.8 Å². The maximum Gasteiger partial charge on any atom is 0.250 e. The summed E-state index contributed by atoms with van der Waals surface area (Å²) in [5.41, 5.74) is 4.36. The largest absolute Gasteiger partial charge is 0.497 e. The molecule has 0 radical (unpaired) electrons. The topological polar surface area (TPSA) is 50.7 Å². The number of amides is 1. The SMILES string of the molecule is COc1ccc(SCC(=O)N/N=C2/C[C@@H]3CC[C@@]2(C)C3(C)C)cc1. The van der Waals surface area contributed by atoms with Gasteiger partial charge in [0.25, 0.3) is 0 Å². The second kappa shape index (κ2) is 6.43. The van der Waals surface area contributed by atoms with E-state index in [4.69, 9.17) is 4.74 Å². The second-order valence-corrected chi connectivity index (χ2v) is 8.60. The number of carbonyl (C=O) groups is 1. The molecule has 1 N–H and O–H groups in total. The zero-order valence-corrected chi connectivity index (χ0v) is 15.7. The number of methoxy groups -OCH3 is 1. The van der Waals surface area contributed by atoms with Crippen LogP contribution < -0.4 is 10.2 Å². The maximum atomic E-state index is 12.1. The van der Waals surface area contributed by atoms with Gasteiger partial charge in [-0.1, -0.05) is 20.8 Å². The lowest BCUT2D eigenvalue weighted by Gasteiger charge is -2.34. The Kier molecular flexibility index (Phi) is 4.65. The third kappa shape index (κ3) is 2.94. The first kappa shape index (κ1) is 17.3. The number of nitrogens with one attached hydrogen (secondary N) is 1. The third-order valence-corrected chi connectivity index (χ3v) is 7.27. The summed E-state index contributed by atoms with van der Waals surface area (Å²) in [4.78, 5) is 13.2. The molecule has 0 aliphatic heterocycles. The summed E-state index contributed by atoms with van der Waals surface area (Å²) in [7, 11) is 1.65. The Bertz CT molecular complexity index is 654. The number of ether oxygens (including phenoxy) is 1. The van der Waals surface area contributed by atoms with E-state index < -0.39 is 0 Å². The molecule has 1 amide bonds. The molecular formula is C19H26N2O2S. The van der Waals surface area contributed by atoms with Crippen LogP contribution >= 0.6 is 11.8 Å². The smallest absolute Gasteiger partial charge is 0.250 e. The van der Waals surface area contributed by atoms with E-state index in [1.807, 2.05) is 24.3 Å². The van der Waals surface area contributed by atoms with Gasteiger partial charge >= 0.3 is 0 Å². The fourth-order valence-electron chi connectivity index (χ4n) is 4.08. The third-order valence-electron chi connectivity index (χ3n) is 6.26. The molecule has 4 nitrogen and oxygen atoms in total. The van der Waals surface area contributed by atoms with Crippen molar-refractivity contribution in [1.82, 2.24) is 5.43 Å². The Labute approximate surface area is 148 Å². The first-order valence-electron chi connectivity index (χ1n) is 8.49. The van der Waals surface area contributed by atoms with Gasteiger partial charge in [0.1, 0.15) is 5.75 Å². The quantitative estimate of drug-likeness (QED) is 0.645. The van der Waals surface area contributed by atoms with Gasteiger partial charge in [0, 0.05) is 16.0 Å². The van der Waals surface area contributed by atoms with Crippen molar-refractivity contribution in [3.8, 4) is 5.75 Å². The van der Waals surface area contributed by atoms with Crippen molar-refractivity contribution in [3.63, 3.8) is 0 Å². The molecule has 2 atom stereocenters. The van der Waals surface area contributed by atoms with E-state index in [0.717, 1.165) is 17.1 Å². The molecule has 0 saturated heterocycles. The zero-order valence-electron chi connectivity index (χ0n) is 14.9. The molecule has 0 heterocycles. The van der Waals surface area contributed by atoms with Crippen molar-refractivity contribution >= 4 is 23.4 Å². The number of nitrogens with zero attached hydrogens (tertiary/aromatic N) is 1. The van der Waals surface area contributed by atoms with Crippen molar-refractivity contribution in [2.45, 2.75) is 44.9 Å². The molecule has 2 saturated carbocycles. The van der Waals surface area contributed by atoms with E-state index in [9.17, 15) is 4.79 Å². The van der Waals surface area contributed by atoms with Gasteiger partial charge in [0.15, 0.2) is 0 Å². The van der Waals surface area contributed by atoms with Gasteiger partial charge in [-0.3, -0.25) is 4.79 Å². The first-order chi connectivity index (χ1) is 11.4. The molecule has 130 valence electrons. The highest BCUT2D eigenvalue weighted by Gasteiger charge is 2.59. The standard InChI is InChI=1S/C19H26N2O2S/c1-18(2)13-9-10-19(18,3)16(11-13)20-21-17(22)12-24-15-7-5-14(23-4)6-8-15/h5-8,13H,9-12H2,1-4H3,(H,21,22)/b20-16-/t13-,19+/m0/s1. The fourth-order valence-corrected chi connectivity index (χ4v) is 4.77. The monoisotopic (exact) mass is 346 g/mol. The van der Waals surface area contributed by atoms with Crippen molar-refractivity contribution in [3.05, 3.63) is 24.3 Å². The molecule has 3 rings (SSSR count). The molecule has 0 aromatic heterocycles. The van der Waals surface area contributed by atoms with E-state index in [0.29, 0.717) is 11.7 Å². The summed E-state index contributed by atoms with van der Waals surface area (Å²) in [6.07, 6.45) is 3.49. The van der Waals surface area contributed by atoms with Crippen LogP contribution in [-0.4, -0.2) is 24.5 Å². The van der Waals surface area contributed by atoms with Gasteiger partial charge in [0.2, 0.25) is 5.91 Å². The van der Waals surface area contributed by atoms with E-state index in [1.54, 1.807) is 7.11 Å². The Morgan fingerprint density at radius 3 is 2.58 bits per heavy atom. The minimum atomic E-state index is -0.0486. The molecule has 5 heteroatoms. The Morgan fingerprint density at radius 2 is 2.04 bits per heavy atom. The van der Waals surface area contributed by atoms with E-state index in [-0.39, 0.29) is 16.7 Å². The fraction of sp³-hybridized carbons (Fsp3) is 0.579. The van der Waals surface area contributed by atoms with Crippen LogP contribution in [0.1, 0.15) is 40.0 Å². The molecule has 0 unspecified atom stereocenters. The molecule has 2 fully saturated rings. The molecule has 1 aromatic carbocycles. The summed E-state index contributed by atoms with van der Waals surface area (Å²) < 4.78 is 5.13. The summed E-state index contributed by atoms with van der Waals surface area (Å²) in [5, 5.41) is 4.50. The van der Waals surface area contributed by atoms with Crippen LogP contribution in [0.2, 0.25) is 0 Å². The number of thioether (sulfide) groups is 1. The van der Waals surface area contributed by atoms with Crippen LogP contribution in [-0.2, 0) is 4.79 Å². The number of benzene rings is 1. The highest BCUT2D eigenvalue weighted by molar-refractivity contribution is 8.00. The molecular weight excluding hydrogens is 320 g/mol. The molecule has 2 bridgehead atoms. The number of hydrogen-bond acceptors (Lipinski definition) is 4. The average Bonchev–Trinajstić information content (AvgIpc) is 2.91. The van der Waals surface area contributed by atoms with E-state index in [2.05, 4.69) is 31.3 Å². The molecule has 0 spiro atoms. The number of carbonyl (C=O) groups excluding carboxylic acids is 1. The summed E-state index contributed by atoms with van der Waals surface area (Å²) in [5.74, 6) is 1.84. The van der Waals surface area contributed by atoms with Crippen molar-refractivity contribution < 1.29 is 9.53 Å². The van der Waals surface area contributed by atoms with Crippen molar-refractivity contribution in [1.29, 1.82) is 0 Å². The Balaban J connectivity index is 1.54. The maximum absolute atomic E-state index is 12.1. The minimum absolute atomic E-state index is 0.0486. The molecule has 2 aliphatic rings. The van der Waals surface area contributed by atoms with Gasteiger partial charge < -0.3 is 4.74 Å². The highest BCUT2D eigenvalue weighted by atomic mass is 32.2. The van der Waals surface area contributed by atoms with Crippen LogP contribution in [0.5, 0.6) is 5.75 Å². The summed E-state index contributed by atoms with van der Waals surface area (Å²) >= 11 is 1.51. The Morgan fingerprint density at radius 1 is 1.33 bits per heavy atom. The van der Waals surface area contributed by atoms with Gasteiger partial charge in [-0.2, -0.15) is 5.10 Å². The minimum Gasteiger partial charge on any atom is -0.497 e. The second-order valence-electron chi connectivity index (χ2n) is 7.55. The predicted molar refractivity (Wildman–Crippen MR) is 98.5 cm³/mol. The molecule has 2 aliphatic carbocycles. The van der Waals surface area contributed by atoms with Gasteiger partial charge in [-0.25, -0.2) is 5.43 Å². The predicted octanol–water partition coefficient (Wildman–Crippen LogP) is 4.11. The van der Waals surface area contributed by atoms with E-state index in [1.165, 1.54) is 30.3 Å². The molecule has 1 aromatic rings. The van der Waals surface area contributed by atoms with Gasteiger partial charge in [-0.15, -0.1) is 11.8 Å². The number of hydrazone groups is 1. The first-order valence-corrected chi connectivity index (χ1v) is 9.48. The van der Waals surface area contributed by atoms with Crippen LogP contribution in [0.4, 0.5) is 0 Å². The summed E-state index contributed by atoms with van der Waals surface area (Å²) in [6, 6.07) is 7.72. The normalized spacial score (nSPS) is 29.0. The number of fused-ring (bicyclic) bond motifs is 2. The lowest BCUT2D eigenvalue weighted by Crippen LogP contribution is -2.34. The van der Waals surface area contributed by atoms with Crippen LogP contribution in [0, 0.1) is 16.7 Å². The van der Waals surface area contributed by atoms with Crippen LogP contribution in [0.3, 0.4) is 0 Å².